The van der Waals surface area contributed by atoms with Crippen LogP contribution >= 0.6 is 11.3 Å². The van der Waals surface area contributed by atoms with Gasteiger partial charge in [0, 0.05) is 31.1 Å². The number of hydrogen-bond acceptors (Lipinski definition) is 5. The van der Waals surface area contributed by atoms with Crippen LogP contribution in [0.4, 0.5) is 4.39 Å². The molecule has 1 aliphatic rings. The number of fused-ring (bicyclic) bond motifs is 1. The summed E-state index contributed by atoms with van der Waals surface area (Å²) >= 11 is 1.67. The minimum absolute atomic E-state index is 0.00592. The molecular formula is C22H27FN2O4S. The largest absolute Gasteiger partial charge is 0.491 e. The molecule has 1 atom stereocenters. The number of carbonyl (C=O) groups excluding carboxylic acids is 2. The molecule has 0 saturated heterocycles. The van der Waals surface area contributed by atoms with Crippen LogP contribution in [-0.4, -0.2) is 61.6 Å². The van der Waals surface area contributed by atoms with E-state index in [0.29, 0.717) is 18.8 Å². The van der Waals surface area contributed by atoms with Gasteiger partial charge in [-0.05, 0) is 42.0 Å². The van der Waals surface area contributed by atoms with E-state index in [1.54, 1.807) is 33.3 Å². The number of amides is 2. The van der Waals surface area contributed by atoms with E-state index in [0.717, 1.165) is 18.4 Å². The number of methoxy groups -OCH3 is 1. The van der Waals surface area contributed by atoms with Gasteiger partial charge in [0.05, 0.1) is 12.6 Å². The normalized spacial score (nSPS) is 15.6. The van der Waals surface area contributed by atoms with Gasteiger partial charge in [0.25, 0.3) is 0 Å². The molecule has 2 amide bonds. The van der Waals surface area contributed by atoms with Crippen LogP contribution in [0.15, 0.2) is 35.7 Å². The number of benzene rings is 1. The fourth-order valence-corrected chi connectivity index (χ4v) is 4.57. The standard InChI is InChI=1S/C22H27FN2O4S/c1-3-9-24(22(27)15-28-2)13-21(26)25-10-7-20-18(8-11-30-20)19(25)14-29-17-6-4-5-16(23)12-17/h4-6,8,11-12,19H,3,7,9-10,13-15H2,1-2H3/t19-/m1/s1. The van der Waals surface area contributed by atoms with Crippen LogP contribution in [0.5, 0.6) is 5.75 Å². The van der Waals surface area contributed by atoms with Crippen molar-refractivity contribution < 1.29 is 23.5 Å². The molecule has 0 spiro atoms. The van der Waals surface area contributed by atoms with E-state index in [-0.39, 0.29) is 43.4 Å². The molecule has 0 fully saturated rings. The Balaban J connectivity index is 1.75. The fraction of sp³-hybridized carbons (Fsp3) is 0.455. The van der Waals surface area contributed by atoms with Crippen molar-refractivity contribution in [3.05, 3.63) is 52.0 Å². The van der Waals surface area contributed by atoms with Crippen molar-refractivity contribution in [2.75, 3.05) is 40.0 Å². The highest BCUT2D eigenvalue weighted by molar-refractivity contribution is 7.10. The quantitative estimate of drug-likeness (QED) is 0.608. The molecule has 0 aliphatic carbocycles. The Morgan fingerprint density at radius 2 is 2.17 bits per heavy atom. The van der Waals surface area contributed by atoms with Crippen molar-refractivity contribution in [3.8, 4) is 5.75 Å². The number of nitrogens with zero attached hydrogens (tertiary/aromatic N) is 2. The lowest BCUT2D eigenvalue weighted by Gasteiger charge is -2.37. The zero-order chi connectivity index (χ0) is 21.5. The molecule has 0 saturated carbocycles. The third-order valence-corrected chi connectivity index (χ3v) is 6.06. The van der Waals surface area contributed by atoms with E-state index in [4.69, 9.17) is 9.47 Å². The zero-order valence-corrected chi connectivity index (χ0v) is 18.1. The Kier molecular flexibility index (Phi) is 7.81. The lowest BCUT2D eigenvalue weighted by Crippen LogP contribution is -2.48. The molecule has 3 rings (SSSR count). The Hall–Kier alpha value is -2.45. The molecule has 1 aromatic heterocycles. The summed E-state index contributed by atoms with van der Waals surface area (Å²) in [4.78, 5) is 30.0. The average Bonchev–Trinajstić information content (AvgIpc) is 3.21. The predicted octanol–water partition coefficient (Wildman–Crippen LogP) is 3.28. The van der Waals surface area contributed by atoms with Gasteiger partial charge in [-0.1, -0.05) is 13.0 Å². The maximum Gasteiger partial charge on any atom is 0.249 e. The average molecular weight is 435 g/mol. The van der Waals surface area contributed by atoms with Crippen LogP contribution in [0.25, 0.3) is 0 Å². The Labute approximate surface area is 180 Å². The summed E-state index contributed by atoms with van der Waals surface area (Å²) in [5, 5.41) is 2.01. The van der Waals surface area contributed by atoms with Crippen LogP contribution in [0.3, 0.4) is 0 Å². The molecule has 2 aromatic rings. The van der Waals surface area contributed by atoms with Crippen molar-refractivity contribution >= 4 is 23.2 Å². The van der Waals surface area contributed by atoms with Crippen molar-refractivity contribution in [2.24, 2.45) is 0 Å². The van der Waals surface area contributed by atoms with Gasteiger partial charge in [0.15, 0.2) is 0 Å². The SMILES string of the molecule is CCCN(CC(=O)N1CCc2sccc2[C@H]1COc1cccc(F)c1)C(=O)COC. The molecule has 0 bridgehead atoms. The first-order valence-corrected chi connectivity index (χ1v) is 10.9. The van der Waals surface area contributed by atoms with Gasteiger partial charge in [-0.2, -0.15) is 0 Å². The molecule has 162 valence electrons. The first kappa shape index (κ1) is 22.2. The van der Waals surface area contributed by atoms with Gasteiger partial charge < -0.3 is 19.3 Å². The van der Waals surface area contributed by atoms with E-state index in [9.17, 15) is 14.0 Å². The van der Waals surface area contributed by atoms with Crippen molar-refractivity contribution in [1.82, 2.24) is 9.80 Å². The summed E-state index contributed by atoms with van der Waals surface area (Å²) in [5.74, 6) is -0.272. The minimum Gasteiger partial charge on any atom is -0.491 e. The monoisotopic (exact) mass is 434 g/mol. The summed E-state index contributed by atoms with van der Waals surface area (Å²) in [6, 6.07) is 7.71. The van der Waals surface area contributed by atoms with Crippen molar-refractivity contribution in [1.29, 1.82) is 0 Å². The number of halogens is 1. The van der Waals surface area contributed by atoms with Gasteiger partial charge >= 0.3 is 0 Å². The van der Waals surface area contributed by atoms with Crippen molar-refractivity contribution in [2.45, 2.75) is 25.8 Å². The Morgan fingerprint density at radius 3 is 2.90 bits per heavy atom. The number of carbonyl (C=O) groups is 2. The predicted molar refractivity (Wildman–Crippen MR) is 113 cm³/mol. The third-order valence-electron chi connectivity index (χ3n) is 5.06. The van der Waals surface area contributed by atoms with Crippen LogP contribution in [0, 0.1) is 5.82 Å². The van der Waals surface area contributed by atoms with Gasteiger partial charge in [-0.3, -0.25) is 9.59 Å². The summed E-state index contributed by atoms with van der Waals surface area (Å²) in [5.41, 5.74) is 1.06. The molecule has 8 heteroatoms. The van der Waals surface area contributed by atoms with Gasteiger partial charge in [-0.15, -0.1) is 11.3 Å². The summed E-state index contributed by atoms with van der Waals surface area (Å²) in [6.45, 7) is 3.20. The highest BCUT2D eigenvalue weighted by Crippen LogP contribution is 2.34. The second-order valence-electron chi connectivity index (χ2n) is 7.17. The Bertz CT molecular complexity index is 872. The van der Waals surface area contributed by atoms with Gasteiger partial charge in [0.1, 0.15) is 24.8 Å². The Morgan fingerprint density at radius 1 is 1.33 bits per heavy atom. The minimum atomic E-state index is -0.368. The molecule has 1 aliphatic heterocycles. The molecule has 0 radical (unpaired) electrons. The smallest absolute Gasteiger partial charge is 0.249 e. The second-order valence-corrected chi connectivity index (χ2v) is 8.17. The van der Waals surface area contributed by atoms with E-state index in [2.05, 4.69) is 0 Å². The van der Waals surface area contributed by atoms with Crippen LogP contribution in [0.1, 0.15) is 29.8 Å². The molecule has 0 unspecified atom stereocenters. The van der Waals surface area contributed by atoms with E-state index in [1.807, 2.05) is 18.4 Å². The molecule has 0 N–H and O–H groups in total. The third kappa shape index (κ3) is 5.37. The molecule has 2 heterocycles. The summed E-state index contributed by atoms with van der Waals surface area (Å²) in [6.07, 6.45) is 1.53. The van der Waals surface area contributed by atoms with Crippen molar-refractivity contribution in [3.63, 3.8) is 0 Å². The number of rotatable bonds is 9. The maximum absolute atomic E-state index is 13.5. The molecule has 1 aromatic carbocycles. The highest BCUT2D eigenvalue weighted by atomic mass is 32.1. The number of ether oxygens (including phenoxy) is 2. The summed E-state index contributed by atoms with van der Waals surface area (Å²) < 4.78 is 24.3. The first-order valence-electron chi connectivity index (χ1n) is 10.0. The van der Waals surface area contributed by atoms with Gasteiger partial charge in [0.2, 0.25) is 11.8 Å². The lowest BCUT2D eigenvalue weighted by atomic mass is 10.0. The van der Waals surface area contributed by atoms with Crippen LogP contribution in [0.2, 0.25) is 0 Å². The van der Waals surface area contributed by atoms with Crippen LogP contribution in [-0.2, 0) is 20.7 Å². The van der Waals surface area contributed by atoms with E-state index >= 15 is 0 Å². The second kappa shape index (κ2) is 10.5. The topological polar surface area (TPSA) is 59.1 Å². The lowest BCUT2D eigenvalue weighted by molar-refractivity contribution is -0.144. The van der Waals surface area contributed by atoms with E-state index < -0.39 is 0 Å². The number of thiophene rings is 1. The number of hydrogen-bond donors (Lipinski definition) is 0. The first-order chi connectivity index (χ1) is 14.5. The van der Waals surface area contributed by atoms with E-state index in [1.165, 1.54) is 24.1 Å². The van der Waals surface area contributed by atoms with Crippen LogP contribution < -0.4 is 4.74 Å². The zero-order valence-electron chi connectivity index (χ0n) is 17.3. The van der Waals surface area contributed by atoms with Gasteiger partial charge in [-0.25, -0.2) is 4.39 Å². The summed E-state index contributed by atoms with van der Waals surface area (Å²) in [7, 11) is 1.46. The molecule has 30 heavy (non-hydrogen) atoms. The molecular weight excluding hydrogens is 407 g/mol. The highest BCUT2D eigenvalue weighted by Gasteiger charge is 2.33. The maximum atomic E-state index is 13.5. The fourth-order valence-electron chi connectivity index (χ4n) is 3.64. The molecule has 6 nitrogen and oxygen atoms in total.